The number of rotatable bonds is 3. The van der Waals surface area contributed by atoms with Crippen molar-refractivity contribution in [3.8, 4) is 0 Å². The molecule has 0 fully saturated rings. The fourth-order valence-corrected chi connectivity index (χ4v) is 3.32. The van der Waals surface area contributed by atoms with Crippen molar-refractivity contribution in [3.05, 3.63) is 58.5 Å². The molecule has 20 heavy (non-hydrogen) atoms. The van der Waals surface area contributed by atoms with E-state index in [1.54, 1.807) is 0 Å². The smallest absolute Gasteiger partial charge is 0.108 e. The van der Waals surface area contributed by atoms with Crippen LogP contribution in [0.2, 0.25) is 0 Å². The third kappa shape index (κ3) is 2.66. The number of furan rings is 1. The Balaban J connectivity index is 1.78. The molecule has 0 radical (unpaired) electrons. The standard InChI is InChI=1S/C18H23NO/c1-12-9-13(2)11-15(10-12)14(3)19-17-5-4-6-18-16(17)7-8-20-18/h7-11,14,17,19H,4-6H2,1-3H3. The van der Waals surface area contributed by atoms with Gasteiger partial charge in [0.2, 0.25) is 0 Å². The van der Waals surface area contributed by atoms with Gasteiger partial charge in [-0.2, -0.15) is 0 Å². The van der Waals surface area contributed by atoms with Gasteiger partial charge in [0.25, 0.3) is 0 Å². The highest BCUT2D eigenvalue weighted by molar-refractivity contribution is 5.31. The number of hydrogen-bond acceptors (Lipinski definition) is 2. The minimum absolute atomic E-state index is 0.361. The van der Waals surface area contributed by atoms with Crippen LogP contribution in [0.4, 0.5) is 0 Å². The Morgan fingerprint density at radius 1 is 1.20 bits per heavy atom. The van der Waals surface area contributed by atoms with Crippen molar-refractivity contribution < 1.29 is 4.42 Å². The molecule has 106 valence electrons. The summed E-state index contributed by atoms with van der Waals surface area (Å²) in [6, 6.07) is 9.70. The Kier molecular flexibility index (Phi) is 3.66. The third-order valence-electron chi connectivity index (χ3n) is 4.25. The molecular weight excluding hydrogens is 246 g/mol. The fourth-order valence-electron chi connectivity index (χ4n) is 3.32. The van der Waals surface area contributed by atoms with Gasteiger partial charge >= 0.3 is 0 Å². The lowest BCUT2D eigenvalue weighted by Crippen LogP contribution is -2.27. The molecule has 2 unspecified atom stereocenters. The number of benzene rings is 1. The summed E-state index contributed by atoms with van der Waals surface area (Å²) in [7, 11) is 0. The highest BCUT2D eigenvalue weighted by atomic mass is 16.3. The molecule has 1 heterocycles. The van der Waals surface area contributed by atoms with Crippen molar-refractivity contribution in [1.82, 2.24) is 5.32 Å². The Bertz CT molecular complexity index is 579. The van der Waals surface area contributed by atoms with Crippen molar-refractivity contribution in [2.24, 2.45) is 0 Å². The lowest BCUT2D eigenvalue weighted by molar-refractivity contribution is 0.385. The number of hydrogen-bond donors (Lipinski definition) is 1. The first-order valence-electron chi connectivity index (χ1n) is 7.54. The van der Waals surface area contributed by atoms with Crippen LogP contribution >= 0.6 is 0 Å². The van der Waals surface area contributed by atoms with Gasteiger partial charge in [-0.25, -0.2) is 0 Å². The minimum Gasteiger partial charge on any atom is -0.469 e. The van der Waals surface area contributed by atoms with Crippen LogP contribution in [-0.4, -0.2) is 0 Å². The lowest BCUT2D eigenvalue weighted by Gasteiger charge is -2.27. The van der Waals surface area contributed by atoms with Crippen molar-refractivity contribution in [1.29, 1.82) is 0 Å². The van der Waals surface area contributed by atoms with Gasteiger partial charge in [0.1, 0.15) is 5.76 Å². The quantitative estimate of drug-likeness (QED) is 0.879. The Labute approximate surface area is 121 Å². The van der Waals surface area contributed by atoms with Gasteiger partial charge in [0.05, 0.1) is 6.26 Å². The summed E-state index contributed by atoms with van der Waals surface area (Å²) in [4.78, 5) is 0. The van der Waals surface area contributed by atoms with E-state index in [-0.39, 0.29) is 0 Å². The average molecular weight is 269 g/mol. The van der Waals surface area contributed by atoms with E-state index in [1.807, 2.05) is 6.26 Å². The van der Waals surface area contributed by atoms with Gasteiger partial charge in [-0.15, -0.1) is 0 Å². The maximum atomic E-state index is 5.57. The van der Waals surface area contributed by atoms with E-state index >= 15 is 0 Å². The highest BCUT2D eigenvalue weighted by Crippen LogP contribution is 2.32. The molecule has 0 amide bonds. The summed E-state index contributed by atoms with van der Waals surface area (Å²) in [6.45, 7) is 6.58. The van der Waals surface area contributed by atoms with Crippen LogP contribution in [0.15, 0.2) is 34.9 Å². The molecular formula is C18H23NO. The summed E-state index contributed by atoms with van der Waals surface area (Å²) in [5.74, 6) is 1.17. The largest absolute Gasteiger partial charge is 0.469 e. The first-order valence-corrected chi connectivity index (χ1v) is 7.54. The van der Waals surface area contributed by atoms with Crippen LogP contribution < -0.4 is 5.32 Å². The number of aryl methyl sites for hydroxylation is 3. The summed E-state index contributed by atoms with van der Waals surface area (Å²) in [6.07, 6.45) is 5.31. The van der Waals surface area contributed by atoms with Gasteiger partial charge in [-0.1, -0.05) is 29.3 Å². The van der Waals surface area contributed by atoms with Gasteiger partial charge in [-0.3, -0.25) is 0 Å². The number of nitrogens with one attached hydrogen (secondary N) is 1. The topological polar surface area (TPSA) is 25.2 Å². The van der Waals surface area contributed by atoms with E-state index in [9.17, 15) is 0 Å². The molecule has 0 spiro atoms. The first kappa shape index (κ1) is 13.4. The van der Waals surface area contributed by atoms with Crippen molar-refractivity contribution in [2.75, 3.05) is 0 Å². The Morgan fingerprint density at radius 3 is 2.70 bits per heavy atom. The van der Waals surface area contributed by atoms with Gasteiger partial charge in [0, 0.05) is 24.1 Å². The van der Waals surface area contributed by atoms with Crippen LogP contribution in [0.1, 0.15) is 59.9 Å². The molecule has 0 saturated carbocycles. The molecule has 0 bridgehead atoms. The van der Waals surface area contributed by atoms with E-state index in [0.717, 1.165) is 6.42 Å². The molecule has 2 heteroatoms. The molecule has 1 aliphatic rings. The van der Waals surface area contributed by atoms with Crippen molar-refractivity contribution in [3.63, 3.8) is 0 Å². The van der Waals surface area contributed by atoms with Crippen LogP contribution in [-0.2, 0) is 6.42 Å². The normalized spacial score (nSPS) is 19.6. The number of fused-ring (bicyclic) bond motifs is 1. The maximum absolute atomic E-state index is 5.57. The SMILES string of the molecule is Cc1cc(C)cc(C(C)NC2CCCc3occc32)c1. The van der Waals surface area contributed by atoms with Gasteiger partial charge < -0.3 is 9.73 Å². The maximum Gasteiger partial charge on any atom is 0.108 e. The lowest BCUT2D eigenvalue weighted by atomic mass is 9.92. The monoisotopic (exact) mass is 269 g/mol. The summed E-state index contributed by atoms with van der Waals surface area (Å²) >= 11 is 0. The molecule has 0 saturated heterocycles. The van der Waals surface area contributed by atoms with Crippen LogP contribution in [0.25, 0.3) is 0 Å². The van der Waals surface area contributed by atoms with E-state index in [2.05, 4.69) is 50.4 Å². The molecule has 2 atom stereocenters. The second-order valence-corrected chi connectivity index (χ2v) is 6.05. The first-order chi connectivity index (χ1) is 9.63. The third-order valence-corrected chi connectivity index (χ3v) is 4.25. The molecule has 1 N–H and O–H groups in total. The molecule has 1 aromatic carbocycles. The molecule has 2 nitrogen and oxygen atoms in total. The summed E-state index contributed by atoms with van der Waals surface area (Å²) in [5.41, 5.74) is 5.40. The molecule has 3 rings (SSSR count). The zero-order valence-corrected chi connectivity index (χ0v) is 12.6. The van der Waals surface area contributed by atoms with E-state index in [1.165, 1.54) is 40.9 Å². The average Bonchev–Trinajstić information content (AvgIpc) is 2.87. The van der Waals surface area contributed by atoms with Crippen LogP contribution in [0, 0.1) is 13.8 Å². The zero-order valence-electron chi connectivity index (χ0n) is 12.6. The van der Waals surface area contributed by atoms with E-state index < -0.39 is 0 Å². The fraction of sp³-hybridized carbons (Fsp3) is 0.444. The highest BCUT2D eigenvalue weighted by Gasteiger charge is 2.24. The zero-order chi connectivity index (χ0) is 14.1. The Hall–Kier alpha value is -1.54. The second-order valence-electron chi connectivity index (χ2n) is 6.05. The van der Waals surface area contributed by atoms with E-state index in [4.69, 9.17) is 4.42 Å². The summed E-state index contributed by atoms with van der Waals surface area (Å²) in [5, 5.41) is 3.77. The van der Waals surface area contributed by atoms with Crippen LogP contribution in [0.3, 0.4) is 0 Å². The molecule has 1 aliphatic carbocycles. The molecule has 1 aromatic heterocycles. The van der Waals surface area contributed by atoms with Crippen molar-refractivity contribution >= 4 is 0 Å². The summed E-state index contributed by atoms with van der Waals surface area (Å²) < 4.78 is 5.57. The predicted molar refractivity (Wildman–Crippen MR) is 81.9 cm³/mol. The second kappa shape index (κ2) is 5.45. The van der Waals surface area contributed by atoms with E-state index in [0.29, 0.717) is 12.1 Å². The van der Waals surface area contributed by atoms with Gasteiger partial charge in [0.15, 0.2) is 0 Å². The minimum atomic E-state index is 0.361. The van der Waals surface area contributed by atoms with Crippen LogP contribution in [0.5, 0.6) is 0 Å². The van der Waals surface area contributed by atoms with Gasteiger partial charge in [-0.05, 0) is 45.2 Å². The molecule has 2 aromatic rings. The predicted octanol–water partition coefficient (Wildman–Crippen LogP) is 4.62. The molecule has 0 aliphatic heterocycles. The Morgan fingerprint density at radius 2 is 1.95 bits per heavy atom. The van der Waals surface area contributed by atoms with Crippen molar-refractivity contribution in [2.45, 2.75) is 52.1 Å².